The summed E-state index contributed by atoms with van der Waals surface area (Å²) in [7, 11) is -1.62. The van der Waals surface area contributed by atoms with Gasteiger partial charge in [-0.3, -0.25) is 4.99 Å². The molecule has 0 amide bonds. The Morgan fingerprint density at radius 3 is 2.65 bits per heavy atom. The molecule has 0 aliphatic carbocycles. The lowest BCUT2D eigenvalue weighted by Crippen LogP contribution is -2.36. The predicted octanol–water partition coefficient (Wildman–Crippen LogP) is 1.24. The van der Waals surface area contributed by atoms with Crippen LogP contribution < -0.4 is 15.8 Å². The quantitative estimate of drug-likeness (QED) is 0.630. The number of nitrogens with one attached hydrogen (secondary N) is 1. The standard InChI is InChI=1S/C13H21N3O3S/c1-13(2,20(4,17)18)9-15-12(14)16-10-6-5-7-11(8-10)19-3/h5-8H,9H2,1-4H3,(H3,14,15,16). The molecule has 0 atom stereocenters. The van der Waals surface area contributed by atoms with Gasteiger partial charge in [0.1, 0.15) is 5.75 Å². The second-order valence-electron chi connectivity index (χ2n) is 5.09. The van der Waals surface area contributed by atoms with Crippen LogP contribution in [0.5, 0.6) is 5.75 Å². The highest BCUT2D eigenvalue weighted by Crippen LogP contribution is 2.17. The summed E-state index contributed by atoms with van der Waals surface area (Å²) in [6.07, 6.45) is 1.19. The number of methoxy groups -OCH3 is 1. The lowest BCUT2D eigenvalue weighted by molar-refractivity contribution is 0.415. The number of hydrogen-bond acceptors (Lipinski definition) is 4. The molecule has 0 unspecified atom stereocenters. The fourth-order valence-electron chi connectivity index (χ4n) is 1.28. The molecule has 0 aromatic heterocycles. The number of anilines is 1. The van der Waals surface area contributed by atoms with Crippen LogP contribution in [0.3, 0.4) is 0 Å². The van der Waals surface area contributed by atoms with Crippen LogP contribution in [0.2, 0.25) is 0 Å². The number of nitrogens with two attached hydrogens (primary N) is 1. The maximum absolute atomic E-state index is 11.6. The highest BCUT2D eigenvalue weighted by molar-refractivity contribution is 7.92. The van der Waals surface area contributed by atoms with Crippen LogP contribution in [0, 0.1) is 0 Å². The van der Waals surface area contributed by atoms with Crippen LogP contribution in [0.15, 0.2) is 29.3 Å². The highest BCUT2D eigenvalue weighted by atomic mass is 32.2. The molecule has 1 aromatic rings. The lowest BCUT2D eigenvalue weighted by atomic mass is 10.2. The molecule has 3 N–H and O–H groups in total. The minimum Gasteiger partial charge on any atom is -0.497 e. The van der Waals surface area contributed by atoms with Crippen molar-refractivity contribution in [2.75, 3.05) is 25.2 Å². The Balaban J connectivity index is 2.76. The summed E-state index contributed by atoms with van der Waals surface area (Å²) in [4.78, 5) is 4.08. The molecule has 0 aliphatic heterocycles. The van der Waals surface area contributed by atoms with Crippen molar-refractivity contribution in [1.82, 2.24) is 0 Å². The minimum absolute atomic E-state index is 0.0919. The fourth-order valence-corrected chi connectivity index (χ4v) is 1.58. The summed E-state index contributed by atoms with van der Waals surface area (Å²) >= 11 is 0. The number of sulfone groups is 1. The van der Waals surface area contributed by atoms with Crippen molar-refractivity contribution < 1.29 is 13.2 Å². The van der Waals surface area contributed by atoms with Gasteiger partial charge in [-0.25, -0.2) is 8.42 Å². The van der Waals surface area contributed by atoms with Gasteiger partial charge in [0.15, 0.2) is 15.8 Å². The average Bonchev–Trinajstić information content (AvgIpc) is 2.35. The molecule has 0 bridgehead atoms. The van der Waals surface area contributed by atoms with Crippen molar-refractivity contribution in [2.45, 2.75) is 18.6 Å². The van der Waals surface area contributed by atoms with Gasteiger partial charge in [-0.15, -0.1) is 0 Å². The van der Waals surface area contributed by atoms with Crippen LogP contribution in [0.1, 0.15) is 13.8 Å². The summed E-state index contributed by atoms with van der Waals surface area (Å²) in [5.74, 6) is 0.856. The van der Waals surface area contributed by atoms with Crippen molar-refractivity contribution in [3.8, 4) is 5.75 Å². The molecule has 0 saturated heterocycles. The molecule has 0 radical (unpaired) electrons. The first-order chi connectivity index (χ1) is 9.15. The Kier molecular flexibility index (Phi) is 4.99. The van der Waals surface area contributed by atoms with Crippen LogP contribution in [-0.4, -0.2) is 39.0 Å². The highest BCUT2D eigenvalue weighted by Gasteiger charge is 2.29. The van der Waals surface area contributed by atoms with Gasteiger partial charge >= 0.3 is 0 Å². The molecule has 20 heavy (non-hydrogen) atoms. The van der Waals surface area contributed by atoms with Crippen molar-refractivity contribution in [1.29, 1.82) is 0 Å². The van der Waals surface area contributed by atoms with Gasteiger partial charge in [0, 0.05) is 18.0 Å². The van der Waals surface area contributed by atoms with E-state index < -0.39 is 14.6 Å². The number of benzene rings is 1. The first-order valence-electron chi connectivity index (χ1n) is 6.06. The molecule has 0 fully saturated rings. The summed E-state index contributed by atoms with van der Waals surface area (Å²) in [5.41, 5.74) is 6.48. The van der Waals surface area contributed by atoms with Crippen LogP contribution in [0.4, 0.5) is 5.69 Å². The molecule has 112 valence electrons. The van der Waals surface area contributed by atoms with E-state index in [1.165, 1.54) is 6.26 Å². The Labute approximate surface area is 120 Å². The van der Waals surface area contributed by atoms with Gasteiger partial charge in [0.25, 0.3) is 0 Å². The van der Waals surface area contributed by atoms with E-state index >= 15 is 0 Å². The predicted molar refractivity (Wildman–Crippen MR) is 82.0 cm³/mol. The zero-order valence-electron chi connectivity index (χ0n) is 12.2. The van der Waals surface area contributed by atoms with E-state index in [1.54, 1.807) is 27.0 Å². The van der Waals surface area contributed by atoms with Crippen molar-refractivity contribution in [2.24, 2.45) is 10.7 Å². The van der Waals surface area contributed by atoms with E-state index in [0.29, 0.717) is 5.75 Å². The van der Waals surface area contributed by atoms with Crippen LogP contribution in [-0.2, 0) is 9.84 Å². The summed E-state index contributed by atoms with van der Waals surface area (Å²) in [5, 5.41) is 2.89. The molecule has 1 aromatic carbocycles. The third-order valence-corrected chi connectivity index (χ3v) is 5.11. The largest absolute Gasteiger partial charge is 0.497 e. The van der Waals surface area contributed by atoms with Crippen LogP contribution >= 0.6 is 0 Å². The first kappa shape index (κ1) is 16.3. The summed E-state index contributed by atoms with van der Waals surface area (Å²) < 4.78 is 27.3. The number of aliphatic imine (C=N–C) groups is 1. The third kappa shape index (κ3) is 4.41. The van der Waals surface area contributed by atoms with Gasteiger partial charge in [0.05, 0.1) is 18.4 Å². The normalized spacial score (nSPS) is 13.1. The van der Waals surface area contributed by atoms with E-state index in [1.807, 2.05) is 18.2 Å². The van der Waals surface area contributed by atoms with Gasteiger partial charge < -0.3 is 15.8 Å². The molecule has 0 saturated carbocycles. The maximum Gasteiger partial charge on any atom is 0.193 e. The zero-order chi connectivity index (χ0) is 15.4. The second kappa shape index (κ2) is 6.13. The van der Waals surface area contributed by atoms with E-state index in [9.17, 15) is 8.42 Å². The molecule has 1 rings (SSSR count). The number of ether oxygens (including phenoxy) is 1. The van der Waals surface area contributed by atoms with Crippen molar-refractivity contribution in [3.05, 3.63) is 24.3 Å². The second-order valence-corrected chi connectivity index (χ2v) is 7.74. The van der Waals surface area contributed by atoms with Gasteiger partial charge in [-0.1, -0.05) is 6.07 Å². The smallest absolute Gasteiger partial charge is 0.193 e. The lowest BCUT2D eigenvalue weighted by Gasteiger charge is -2.20. The molecule has 0 spiro atoms. The Bertz CT molecular complexity index is 595. The first-order valence-corrected chi connectivity index (χ1v) is 7.95. The number of nitrogens with zero attached hydrogens (tertiary/aromatic N) is 1. The van der Waals surface area contributed by atoms with Crippen LogP contribution in [0.25, 0.3) is 0 Å². The topological polar surface area (TPSA) is 93.8 Å². The molecular formula is C13H21N3O3S. The van der Waals surface area contributed by atoms with Crippen molar-refractivity contribution >= 4 is 21.5 Å². The minimum atomic E-state index is -3.19. The Morgan fingerprint density at radius 1 is 1.45 bits per heavy atom. The van der Waals surface area contributed by atoms with Gasteiger partial charge in [0.2, 0.25) is 0 Å². The number of guanidine groups is 1. The maximum atomic E-state index is 11.6. The molecule has 0 aliphatic rings. The third-order valence-electron chi connectivity index (χ3n) is 2.98. The van der Waals surface area contributed by atoms with Gasteiger partial charge in [-0.2, -0.15) is 0 Å². The fraction of sp³-hybridized carbons (Fsp3) is 0.462. The van der Waals surface area contributed by atoms with E-state index in [-0.39, 0.29) is 12.5 Å². The van der Waals surface area contributed by atoms with Gasteiger partial charge in [-0.05, 0) is 26.0 Å². The SMILES string of the molecule is COc1cccc(NC(N)=NCC(C)(C)S(C)(=O)=O)c1. The monoisotopic (exact) mass is 299 g/mol. The Morgan fingerprint density at radius 2 is 2.10 bits per heavy atom. The average molecular weight is 299 g/mol. The van der Waals surface area contributed by atoms with Crippen molar-refractivity contribution in [3.63, 3.8) is 0 Å². The zero-order valence-corrected chi connectivity index (χ0v) is 13.0. The van der Waals surface area contributed by atoms with E-state index in [4.69, 9.17) is 10.5 Å². The number of hydrogen-bond donors (Lipinski definition) is 2. The molecule has 6 nitrogen and oxygen atoms in total. The number of rotatable bonds is 5. The molecular weight excluding hydrogens is 278 g/mol. The summed E-state index contributed by atoms with van der Waals surface area (Å²) in [6, 6.07) is 7.21. The Hall–Kier alpha value is -1.76. The van der Waals surface area contributed by atoms with E-state index in [2.05, 4.69) is 10.3 Å². The molecule has 0 heterocycles. The summed E-state index contributed by atoms with van der Waals surface area (Å²) in [6.45, 7) is 3.32. The van der Waals surface area contributed by atoms with E-state index in [0.717, 1.165) is 5.69 Å². The molecule has 7 heteroatoms.